The topological polar surface area (TPSA) is 30.7 Å². The molecule has 0 saturated heterocycles. The Kier molecular flexibility index (Phi) is 6.45. The fourth-order valence-corrected chi connectivity index (χ4v) is 4.15. The molecule has 0 aliphatic carbocycles. The number of hydrogen-bond acceptors (Lipinski definition) is 4. The summed E-state index contributed by atoms with van der Waals surface area (Å²) in [7, 11) is 2.04. The molecule has 0 bridgehead atoms. The maximum absolute atomic E-state index is 6.14. The van der Waals surface area contributed by atoms with E-state index in [-0.39, 0.29) is 0 Å². The summed E-state index contributed by atoms with van der Waals surface area (Å²) in [4.78, 5) is 1.16. The first-order chi connectivity index (χ1) is 10.1. The molecule has 1 aromatic heterocycles. The van der Waals surface area contributed by atoms with Crippen LogP contribution in [-0.2, 0) is 7.05 Å². The molecule has 0 aliphatic rings. The highest BCUT2D eigenvalue weighted by Crippen LogP contribution is 2.28. The van der Waals surface area contributed by atoms with Crippen molar-refractivity contribution in [3.8, 4) is 0 Å². The van der Waals surface area contributed by atoms with Gasteiger partial charge in [-0.25, -0.2) is 0 Å². The van der Waals surface area contributed by atoms with Crippen LogP contribution in [-0.4, -0.2) is 26.3 Å². The van der Waals surface area contributed by atoms with E-state index in [9.17, 15) is 0 Å². The van der Waals surface area contributed by atoms with Gasteiger partial charge in [0.2, 0.25) is 0 Å². The lowest BCUT2D eigenvalue weighted by Crippen LogP contribution is -2.01. The van der Waals surface area contributed by atoms with Gasteiger partial charge in [0.15, 0.2) is 5.16 Å². The van der Waals surface area contributed by atoms with E-state index in [1.54, 1.807) is 11.8 Å². The van der Waals surface area contributed by atoms with Crippen LogP contribution < -0.4 is 0 Å². The van der Waals surface area contributed by atoms with Crippen molar-refractivity contribution in [3.63, 3.8) is 0 Å². The summed E-state index contributed by atoms with van der Waals surface area (Å²) in [5.74, 6) is 3.56. The van der Waals surface area contributed by atoms with Crippen molar-refractivity contribution >= 4 is 35.1 Å². The average molecular weight is 342 g/mol. The van der Waals surface area contributed by atoms with E-state index in [2.05, 4.69) is 34.7 Å². The lowest BCUT2D eigenvalue weighted by atomic mass is 10.2. The fraction of sp³-hybridized carbons (Fsp3) is 0.467. The van der Waals surface area contributed by atoms with E-state index < -0.39 is 0 Å². The predicted octanol–water partition coefficient (Wildman–Crippen LogP) is 4.87. The van der Waals surface area contributed by atoms with Crippen molar-refractivity contribution in [1.82, 2.24) is 14.8 Å². The molecule has 0 spiro atoms. The number of benzene rings is 1. The molecule has 0 saturated carbocycles. The zero-order valence-electron chi connectivity index (χ0n) is 12.5. The van der Waals surface area contributed by atoms with E-state index in [0.29, 0.717) is 5.92 Å². The second-order valence-electron chi connectivity index (χ2n) is 5.04. The van der Waals surface area contributed by atoms with Crippen LogP contribution in [0.3, 0.4) is 0 Å². The number of aromatic nitrogens is 3. The van der Waals surface area contributed by atoms with Crippen molar-refractivity contribution in [2.24, 2.45) is 7.05 Å². The van der Waals surface area contributed by atoms with Crippen LogP contribution in [0.5, 0.6) is 0 Å². The molecule has 0 unspecified atom stereocenters. The molecule has 0 N–H and O–H groups in total. The van der Waals surface area contributed by atoms with Crippen molar-refractivity contribution in [2.75, 3.05) is 11.5 Å². The third kappa shape index (κ3) is 4.66. The van der Waals surface area contributed by atoms with Gasteiger partial charge in [-0.3, -0.25) is 0 Å². The van der Waals surface area contributed by atoms with Gasteiger partial charge >= 0.3 is 0 Å². The molecule has 0 amide bonds. The highest BCUT2D eigenvalue weighted by molar-refractivity contribution is 8.00. The van der Waals surface area contributed by atoms with E-state index in [1.165, 1.54) is 0 Å². The fourth-order valence-electron chi connectivity index (χ4n) is 1.92. The van der Waals surface area contributed by atoms with Gasteiger partial charge in [0, 0.05) is 23.6 Å². The molecule has 21 heavy (non-hydrogen) atoms. The lowest BCUT2D eigenvalue weighted by Gasteiger charge is -2.06. The van der Waals surface area contributed by atoms with Crippen LogP contribution in [0.2, 0.25) is 5.02 Å². The summed E-state index contributed by atoms with van der Waals surface area (Å²) < 4.78 is 2.09. The Labute approximate surface area is 139 Å². The Morgan fingerprint density at radius 1 is 1.14 bits per heavy atom. The smallest absolute Gasteiger partial charge is 0.190 e. The van der Waals surface area contributed by atoms with Crippen LogP contribution >= 0.6 is 35.1 Å². The Balaban J connectivity index is 1.74. The molecule has 0 aliphatic heterocycles. The molecule has 0 radical (unpaired) electrons. The van der Waals surface area contributed by atoms with Crippen LogP contribution in [0, 0.1) is 0 Å². The second-order valence-corrected chi connectivity index (χ2v) is 7.64. The Bertz CT molecular complexity index is 584. The van der Waals surface area contributed by atoms with E-state index in [0.717, 1.165) is 38.8 Å². The Morgan fingerprint density at radius 2 is 1.86 bits per heavy atom. The highest BCUT2D eigenvalue weighted by atomic mass is 35.5. The second kappa shape index (κ2) is 8.11. The number of nitrogens with zero attached hydrogens (tertiary/aromatic N) is 3. The molecule has 1 aromatic carbocycles. The van der Waals surface area contributed by atoms with Crippen LogP contribution in [0.25, 0.3) is 0 Å². The molecule has 0 atom stereocenters. The van der Waals surface area contributed by atoms with Crippen LogP contribution in [0.4, 0.5) is 0 Å². The average Bonchev–Trinajstić information content (AvgIpc) is 2.82. The van der Waals surface area contributed by atoms with Crippen LogP contribution in [0.1, 0.15) is 32.0 Å². The van der Waals surface area contributed by atoms with Gasteiger partial charge in [-0.1, -0.05) is 49.3 Å². The van der Waals surface area contributed by atoms with Gasteiger partial charge in [-0.05, 0) is 24.3 Å². The molecule has 1 heterocycles. The number of hydrogen-bond donors (Lipinski definition) is 0. The summed E-state index contributed by atoms with van der Waals surface area (Å²) in [6, 6.07) is 7.99. The number of thioether (sulfide) groups is 2. The van der Waals surface area contributed by atoms with Crippen LogP contribution in [0.15, 0.2) is 34.3 Å². The summed E-state index contributed by atoms with van der Waals surface area (Å²) >= 11 is 9.71. The molecule has 114 valence electrons. The third-order valence-corrected chi connectivity index (χ3v) is 5.71. The van der Waals surface area contributed by atoms with E-state index >= 15 is 0 Å². The molecular weight excluding hydrogens is 322 g/mol. The van der Waals surface area contributed by atoms with Crippen molar-refractivity contribution in [2.45, 2.75) is 36.2 Å². The molecular formula is C15H20ClN3S2. The minimum Gasteiger partial charge on any atom is -0.309 e. The van der Waals surface area contributed by atoms with Gasteiger partial charge < -0.3 is 4.57 Å². The molecule has 2 rings (SSSR count). The Hall–Kier alpha value is -0.650. The van der Waals surface area contributed by atoms with E-state index in [4.69, 9.17) is 11.6 Å². The lowest BCUT2D eigenvalue weighted by molar-refractivity contribution is 0.680. The first-order valence-corrected chi connectivity index (χ1v) is 9.34. The Morgan fingerprint density at radius 3 is 2.52 bits per heavy atom. The van der Waals surface area contributed by atoms with Gasteiger partial charge in [-0.2, -0.15) is 0 Å². The maximum atomic E-state index is 6.14. The van der Waals surface area contributed by atoms with Crippen molar-refractivity contribution < 1.29 is 0 Å². The quantitative estimate of drug-likeness (QED) is 0.531. The van der Waals surface area contributed by atoms with Gasteiger partial charge in [-0.15, -0.1) is 22.0 Å². The molecule has 0 fully saturated rings. The number of halogens is 1. The number of rotatable bonds is 7. The molecule has 6 heteroatoms. The van der Waals surface area contributed by atoms with Gasteiger partial charge in [0.25, 0.3) is 0 Å². The minimum atomic E-state index is 0.410. The summed E-state index contributed by atoms with van der Waals surface area (Å²) in [5.41, 5.74) is 0. The maximum Gasteiger partial charge on any atom is 0.190 e. The zero-order valence-corrected chi connectivity index (χ0v) is 14.9. The molecule has 3 nitrogen and oxygen atoms in total. The normalized spacial score (nSPS) is 11.3. The van der Waals surface area contributed by atoms with Crippen molar-refractivity contribution in [1.29, 1.82) is 0 Å². The first kappa shape index (κ1) is 16.7. The summed E-state index contributed by atoms with van der Waals surface area (Å²) in [6.07, 6.45) is 1.12. The predicted molar refractivity (Wildman–Crippen MR) is 92.6 cm³/mol. The standard InChI is InChI=1S/C15H20ClN3S2/c1-11(2)14-17-18-15(19(14)3)21-10-6-9-20-13-8-5-4-7-12(13)16/h4-5,7-8,11H,6,9-10H2,1-3H3. The van der Waals surface area contributed by atoms with Crippen molar-refractivity contribution in [3.05, 3.63) is 35.1 Å². The minimum absolute atomic E-state index is 0.410. The van der Waals surface area contributed by atoms with E-state index in [1.807, 2.05) is 37.0 Å². The highest BCUT2D eigenvalue weighted by Gasteiger charge is 2.11. The monoisotopic (exact) mass is 341 g/mol. The molecule has 2 aromatic rings. The summed E-state index contributed by atoms with van der Waals surface area (Å²) in [5, 5.41) is 10.3. The van der Waals surface area contributed by atoms with Gasteiger partial charge in [0.05, 0.1) is 5.02 Å². The largest absolute Gasteiger partial charge is 0.309 e. The first-order valence-electron chi connectivity index (χ1n) is 6.99. The van der Waals surface area contributed by atoms with Gasteiger partial charge in [0.1, 0.15) is 5.82 Å². The third-order valence-electron chi connectivity index (χ3n) is 3.00. The zero-order chi connectivity index (χ0) is 15.2. The SMILES string of the molecule is CC(C)c1nnc(SCCCSc2ccccc2Cl)n1C. The summed E-state index contributed by atoms with van der Waals surface area (Å²) in [6.45, 7) is 4.28.